The molecule has 0 unspecified atom stereocenters. The minimum Gasteiger partial charge on any atom is -0.465 e. The van der Waals surface area contributed by atoms with E-state index < -0.39 is 13.2 Å². The van der Waals surface area contributed by atoms with Crippen molar-refractivity contribution >= 4 is 13.8 Å². The van der Waals surface area contributed by atoms with Crippen LogP contribution in [0.4, 0.5) is 0 Å². The van der Waals surface area contributed by atoms with Gasteiger partial charge in [-0.3, -0.25) is 9.32 Å². The summed E-state index contributed by atoms with van der Waals surface area (Å²) >= 11 is 0. The zero-order valence-corrected chi connectivity index (χ0v) is 14.9. The molecule has 0 amide bonds. The van der Waals surface area contributed by atoms with Gasteiger partial charge in [0.05, 0.1) is 18.6 Å². The van der Waals surface area contributed by atoms with E-state index in [0.717, 1.165) is 44.9 Å². The molecular formula is C15H31O6P. The molecular weight excluding hydrogens is 307 g/mol. The van der Waals surface area contributed by atoms with Gasteiger partial charge >= 0.3 is 13.8 Å². The molecule has 0 fully saturated rings. The van der Waals surface area contributed by atoms with Crippen LogP contribution in [-0.4, -0.2) is 29.0 Å². The molecule has 0 radical (unpaired) electrons. The van der Waals surface area contributed by atoms with Crippen molar-refractivity contribution in [2.24, 2.45) is 5.41 Å². The molecule has 7 heteroatoms. The van der Waals surface area contributed by atoms with E-state index in [1.165, 1.54) is 0 Å². The number of carbonyl (C=O) groups excluding carboxylic acids is 1. The number of unbranched alkanes of at least 4 members (excludes halogenated alkanes) is 7. The average Bonchev–Trinajstić information content (AvgIpc) is 2.37. The SMILES string of the molecule is CC(C)(C)C(=O)OCCCCCCCCCCOP(=O)(O)O. The van der Waals surface area contributed by atoms with Crippen LogP contribution in [0, 0.1) is 5.41 Å². The van der Waals surface area contributed by atoms with Crippen LogP contribution in [0.25, 0.3) is 0 Å². The first-order valence-corrected chi connectivity index (χ1v) is 9.53. The van der Waals surface area contributed by atoms with E-state index in [2.05, 4.69) is 4.52 Å². The Kier molecular flexibility index (Phi) is 11.0. The quantitative estimate of drug-likeness (QED) is 0.319. The lowest BCUT2D eigenvalue weighted by atomic mass is 9.97. The first-order valence-electron chi connectivity index (χ1n) is 8.00. The zero-order chi connectivity index (χ0) is 17.1. The molecule has 132 valence electrons. The Morgan fingerprint density at radius 1 is 0.864 bits per heavy atom. The highest BCUT2D eigenvalue weighted by Gasteiger charge is 2.22. The lowest BCUT2D eigenvalue weighted by molar-refractivity contribution is -0.153. The van der Waals surface area contributed by atoms with Crippen LogP contribution in [0.15, 0.2) is 0 Å². The molecule has 0 aliphatic heterocycles. The Hall–Kier alpha value is -0.420. The van der Waals surface area contributed by atoms with Gasteiger partial charge in [0.25, 0.3) is 0 Å². The standard InChI is InChI=1S/C15H31O6P/c1-15(2,3)14(16)20-12-10-8-6-4-5-7-9-11-13-21-22(17,18)19/h4-13H2,1-3H3,(H2,17,18,19). The Morgan fingerprint density at radius 2 is 1.27 bits per heavy atom. The van der Waals surface area contributed by atoms with Crippen molar-refractivity contribution in [2.45, 2.75) is 72.1 Å². The first-order chi connectivity index (χ1) is 10.1. The lowest BCUT2D eigenvalue weighted by Crippen LogP contribution is -2.23. The molecule has 0 bridgehead atoms. The Bertz CT molecular complexity index is 344. The first kappa shape index (κ1) is 21.6. The molecule has 0 saturated heterocycles. The number of hydrogen-bond acceptors (Lipinski definition) is 4. The lowest BCUT2D eigenvalue weighted by Gasteiger charge is -2.16. The maximum Gasteiger partial charge on any atom is 0.469 e. The summed E-state index contributed by atoms with van der Waals surface area (Å²) in [5, 5.41) is 0. The number of hydrogen-bond donors (Lipinski definition) is 2. The summed E-state index contributed by atoms with van der Waals surface area (Å²) in [6.07, 6.45) is 7.95. The maximum atomic E-state index is 11.5. The van der Waals surface area contributed by atoms with Gasteiger partial charge in [0.2, 0.25) is 0 Å². The van der Waals surface area contributed by atoms with E-state index in [4.69, 9.17) is 14.5 Å². The average molecular weight is 338 g/mol. The van der Waals surface area contributed by atoms with Crippen molar-refractivity contribution < 1.29 is 28.4 Å². The molecule has 0 aromatic heterocycles. The third-order valence-corrected chi connectivity index (χ3v) is 3.66. The van der Waals surface area contributed by atoms with Gasteiger partial charge in [-0.05, 0) is 33.6 Å². The van der Waals surface area contributed by atoms with Crippen LogP contribution in [0.2, 0.25) is 0 Å². The second-order valence-corrected chi connectivity index (χ2v) is 7.78. The van der Waals surface area contributed by atoms with Gasteiger partial charge in [0, 0.05) is 0 Å². The topological polar surface area (TPSA) is 93.1 Å². The van der Waals surface area contributed by atoms with Crippen LogP contribution >= 0.6 is 7.82 Å². The Morgan fingerprint density at radius 3 is 1.68 bits per heavy atom. The third-order valence-electron chi connectivity index (χ3n) is 3.14. The molecule has 6 nitrogen and oxygen atoms in total. The summed E-state index contributed by atoms with van der Waals surface area (Å²) in [6, 6.07) is 0. The minimum absolute atomic E-state index is 0.115. The molecule has 0 aliphatic carbocycles. The highest BCUT2D eigenvalue weighted by atomic mass is 31.2. The normalized spacial score (nSPS) is 12.4. The number of ether oxygens (including phenoxy) is 1. The fraction of sp³-hybridized carbons (Fsp3) is 0.933. The van der Waals surface area contributed by atoms with Crippen molar-refractivity contribution in [1.29, 1.82) is 0 Å². The monoisotopic (exact) mass is 338 g/mol. The van der Waals surface area contributed by atoms with Crippen LogP contribution < -0.4 is 0 Å². The molecule has 22 heavy (non-hydrogen) atoms. The van der Waals surface area contributed by atoms with E-state index in [9.17, 15) is 9.36 Å². The summed E-state index contributed by atoms with van der Waals surface area (Å²) in [6.45, 7) is 6.15. The van der Waals surface area contributed by atoms with Crippen LogP contribution in [-0.2, 0) is 18.6 Å². The van der Waals surface area contributed by atoms with Gasteiger partial charge < -0.3 is 14.5 Å². The molecule has 0 spiro atoms. The van der Waals surface area contributed by atoms with Crippen molar-refractivity contribution in [3.8, 4) is 0 Å². The summed E-state index contributed by atoms with van der Waals surface area (Å²) in [7, 11) is -4.30. The number of carbonyl (C=O) groups is 1. The number of esters is 1. The van der Waals surface area contributed by atoms with Gasteiger partial charge in [0.1, 0.15) is 0 Å². The summed E-state index contributed by atoms with van der Waals surface area (Å²) in [5.41, 5.74) is -0.427. The van der Waals surface area contributed by atoms with Gasteiger partial charge in [-0.1, -0.05) is 38.5 Å². The fourth-order valence-corrected chi connectivity index (χ4v) is 2.20. The highest BCUT2D eigenvalue weighted by Crippen LogP contribution is 2.35. The fourth-order valence-electron chi connectivity index (χ4n) is 1.83. The molecule has 0 aromatic rings. The molecule has 0 aromatic carbocycles. The predicted molar refractivity (Wildman–Crippen MR) is 85.3 cm³/mol. The maximum absolute atomic E-state index is 11.5. The van der Waals surface area contributed by atoms with Crippen LogP contribution in [0.3, 0.4) is 0 Å². The van der Waals surface area contributed by atoms with Crippen LogP contribution in [0.1, 0.15) is 72.1 Å². The Balaban J connectivity index is 3.25. The summed E-state index contributed by atoms with van der Waals surface area (Å²) < 4.78 is 20.0. The van der Waals surface area contributed by atoms with Gasteiger partial charge in [-0.25, -0.2) is 4.57 Å². The predicted octanol–water partition coefficient (Wildman–Crippen LogP) is 3.81. The number of phosphoric ester groups is 1. The van der Waals surface area contributed by atoms with E-state index in [1.54, 1.807) is 0 Å². The second kappa shape index (κ2) is 11.2. The van der Waals surface area contributed by atoms with Crippen LogP contribution in [0.5, 0.6) is 0 Å². The van der Waals surface area contributed by atoms with Gasteiger partial charge in [-0.2, -0.15) is 0 Å². The Labute approximate surface area is 133 Å². The van der Waals surface area contributed by atoms with E-state index in [0.29, 0.717) is 13.0 Å². The molecule has 0 atom stereocenters. The third kappa shape index (κ3) is 14.5. The smallest absolute Gasteiger partial charge is 0.465 e. The van der Waals surface area contributed by atoms with Crippen molar-refractivity contribution in [3.05, 3.63) is 0 Å². The molecule has 2 N–H and O–H groups in total. The molecule has 0 saturated carbocycles. The second-order valence-electron chi connectivity index (χ2n) is 6.54. The van der Waals surface area contributed by atoms with Gasteiger partial charge in [-0.15, -0.1) is 0 Å². The number of rotatable bonds is 12. The van der Waals surface area contributed by atoms with E-state index in [1.807, 2.05) is 20.8 Å². The van der Waals surface area contributed by atoms with Gasteiger partial charge in [0.15, 0.2) is 0 Å². The summed E-state index contributed by atoms with van der Waals surface area (Å²) in [5.74, 6) is -0.148. The van der Waals surface area contributed by atoms with Crippen molar-refractivity contribution in [1.82, 2.24) is 0 Å². The number of phosphoric acid groups is 1. The van der Waals surface area contributed by atoms with Crippen molar-refractivity contribution in [3.63, 3.8) is 0 Å². The molecule has 0 heterocycles. The highest BCUT2D eigenvalue weighted by molar-refractivity contribution is 7.46. The molecule has 0 aliphatic rings. The van der Waals surface area contributed by atoms with E-state index in [-0.39, 0.29) is 12.6 Å². The molecule has 0 rings (SSSR count). The van der Waals surface area contributed by atoms with Crippen molar-refractivity contribution in [2.75, 3.05) is 13.2 Å². The minimum atomic E-state index is -4.30. The summed E-state index contributed by atoms with van der Waals surface area (Å²) in [4.78, 5) is 28.5. The zero-order valence-electron chi connectivity index (χ0n) is 14.0. The van der Waals surface area contributed by atoms with E-state index >= 15 is 0 Å². The largest absolute Gasteiger partial charge is 0.469 e.